The molecule has 7 nitrogen and oxygen atoms in total. The van der Waals surface area contributed by atoms with Gasteiger partial charge in [-0.2, -0.15) is 5.10 Å². The Balaban J connectivity index is 1.60. The van der Waals surface area contributed by atoms with E-state index in [1.807, 2.05) is 60.7 Å². The van der Waals surface area contributed by atoms with Crippen LogP contribution in [0.3, 0.4) is 0 Å². The van der Waals surface area contributed by atoms with Crippen molar-refractivity contribution in [3.63, 3.8) is 0 Å². The fourth-order valence-corrected chi connectivity index (χ4v) is 4.22. The van der Waals surface area contributed by atoms with Crippen LogP contribution in [0, 0.1) is 0 Å². The molecule has 1 aliphatic heterocycles. The minimum absolute atomic E-state index is 0.106. The zero-order chi connectivity index (χ0) is 22.8. The molecule has 0 bridgehead atoms. The molecule has 0 saturated carbocycles. The Labute approximate surface area is 191 Å². The van der Waals surface area contributed by atoms with E-state index in [-0.39, 0.29) is 11.7 Å². The maximum atomic E-state index is 13.3. The molecule has 33 heavy (non-hydrogen) atoms. The molecule has 0 saturated heterocycles. The summed E-state index contributed by atoms with van der Waals surface area (Å²) in [5.41, 5.74) is 3.15. The molecule has 0 fully saturated rings. The summed E-state index contributed by atoms with van der Waals surface area (Å²) in [6.07, 6.45) is 0. The number of carbonyl (C=O) groups is 1. The third-order valence-corrected chi connectivity index (χ3v) is 5.71. The van der Waals surface area contributed by atoms with Crippen LogP contribution >= 0.6 is 0 Å². The fourth-order valence-electron chi connectivity index (χ4n) is 4.22. The summed E-state index contributed by atoms with van der Waals surface area (Å²) < 4.78 is 11.3. The van der Waals surface area contributed by atoms with E-state index < -0.39 is 6.04 Å². The number of aromatic amines is 1. The monoisotopic (exact) mass is 441 g/mol. The van der Waals surface area contributed by atoms with Crippen LogP contribution in [0.1, 0.15) is 27.7 Å². The number of aromatic hydroxyl groups is 1. The number of ether oxygens (including phenoxy) is 2. The molecule has 1 aliphatic rings. The molecule has 1 atom stereocenters. The van der Waals surface area contributed by atoms with Crippen molar-refractivity contribution < 1.29 is 19.4 Å². The Bertz CT molecular complexity index is 1290. The van der Waals surface area contributed by atoms with Gasteiger partial charge in [0, 0.05) is 24.8 Å². The molecule has 2 N–H and O–H groups in total. The van der Waals surface area contributed by atoms with Gasteiger partial charge in [-0.05, 0) is 42.0 Å². The Morgan fingerprint density at radius 1 is 1.00 bits per heavy atom. The SMILES string of the molecule is COCCN1C(=O)c2[nH]nc(-c3ccccc3O)c2[C@@H]1c1cccc(Oc2ccccc2)c1. The Kier molecular flexibility index (Phi) is 5.54. The molecule has 0 radical (unpaired) electrons. The topological polar surface area (TPSA) is 87.7 Å². The molecular weight excluding hydrogens is 418 g/mol. The number of methoxy groups -OCH3 is 1. The van der Waals surface area contributed by atoms with Gasteiger partial charge >= 0.3 is 0 Å². The highest BCUT2D eigenvalue weighted by molar-refractivity contribution is 6.00. The molecule has 1 amide bonds. The predicted octanol–water partition coefficient (Wildman–Crippen LogP) is 4.77. The van der Waals surface area contributed by atoms with E-state index >= 15 is 0 Å². The van der Waals surface area contributed by atoms with Gasteiger partial charge in [0.2, 0.25) is 0 Å². The van der Waals surface area contributed by atoms with Crippen LogP contribution in [-0.4, -0.2) is 46.4 Å². The molecule has 0 spiro atoms. The highest BCUT2D eigenvalue weighted by Gasteiger charge is 2.42. The number of hydrogen-bond acceptors (Lipinski definition) is 5. The maximum Gasteiger partial charge on any atom is 0.273 e. The number of phenolic OH excluding ortho intramolecular Hbond substituents is 1. The number of phenols is 1. The van der Waals surface area contributed by atoms with Gasteiger partial charge in [-0.1, -0.05) is 42.5 Å². The summed E-state index contributed by atoms with van der Waals surface area (Å²) >= 11 is 0. The van der Waals surface area contributed by atoms with Gasteiger partial charge in [-0.15, -0.1) is 0 Å². The first-order valence-corrected chi connectivity index (χ1v) is 10.7. The van der Waals surface area contributed by atoms with Crippen LogP contribution in [0.2, 0.25) is 0 Å². The van der Waals surface area contributed by atoms with E-state index in [4.69, 9.17) is 9.47 Å². The van der Waals surface area contributed by atoms with E-state index in [1.165, 1.54) is 0 Å². The molecule has 2 heterocycles. The summed E-state index contributed by atoms with van der Waals surface area (Å²) in [7, 11) is 1.61. The molecule has 166 valence electrons. The van der Waals surface area contributed by atoms with Crippen LogP contribution in [0.4, 0.5) is 0 Å². The number of amides is 1. The highest BCUT2D eigenvalue weighted by atomic mass is 16.5. The summed E-state index contributed by atoms with van der Waals surface area (Å²) in [5.74, 6) is 1.34. The molecule has 1 aromatic heterocycles. The number of hydrogen-bond donors (Lipinski definition) is 2. The number of fused-ring (bicyclic) bond motifs is 1. The van der Waals surface area contributed by atoms with Crippen molar-refractivity contribution in [1.82, 2.24) is 15.1 Å². The summed E-state index contributed by atoms with van der Waals surface area (Å²) in [6, 6.07) is 23.8. The Morgan fingerprint density at radius 3 is 2.55 bits per heavy atom. The van der Waals surface area contributed by atoms with E-state index in [2.05, 4.69) is 10.2 Å². The standard InChI is InChI=1S/C26H23N3O4/c1-32-15-14-29-25(17-8-7-11-19(16-17)33-18-9-3-2-4-10-18)22-23(27-28-24(22)26(29)31)20-12-5-6-13-21(20)30/h2-13,16,25,30H,14-15H2,1H3,(H,27,28)/t25-/m0/s1. The van der Waals surface area contributed by atoms with Gasteiger partial charge in [0.15, 0.2) is 0 Å². The lowest BCUT2D eigenvalue weighted by Crippen LogP contribution is -2.32. The normalized spacial score (nSPS) is 15.0. The zero-order valence-corrected chi connectivity index (χ0v) is 18.1. The lowest BCUT2D eigenvalue weighted by molar-refractivity contribution is 0.0677. The number of para-hydroxylation sites is 2. The van der Waals surface area contributed by atoms with Gasteiger partial charge in [0.05, 0.1) is 12.6 Å². The number of carbonyl (C=O) groups excluding carboxylic acids is 1. The second-order valence-electron chi connectivity index (χ2n) is 7.76. The van der Waals surface area contributed by atoms with Crippen LogP contribution < -0.4 is 4.74 Å². The summed E-state index contributed by atoms with van der Waals surface area (Å²) in [6.45, 7) is 0.804. The fraction of sp³-hybridized carbons (Fsp3) is 0.154. The molecule has 4 aromatic rings. The van der Waals surface area contributed by atoms with Crippen LogP contribution in [-0.2, 0) is 4.74 Å². The van der Waals surface area contributed by atoms with E-state index in [9.17, 15) is 9.90 Å². The maximum absolute atomic E-state index is 13.3. The number of rotatable bonds is 7. The Morgan fingerprint density at radius 2 is 1.76 bits per heavy atom. The van der Waals surface area contributed by atoms with E-state index in [1.54, 1.807) is 30.2 Å². The average Bonchev–Trinajstić information content (AvgIpc) is 3.37. The minimum atomic E-state index is -0.407. The van der Waals surface area contributed by atoms with Crippen molar-refractivity contribution in [3.05, 3.63) is 95.7 Å². The average molecular weight is 441 g/mol. The first-order chi connectivity index (χ1) is 16.2. The van der Waals surface area contributed by atoms with Crippen molar-refractivity contribution in [3.8, 4) is 28.5 Å². The van der Waals surface area contributed by atoms with E-state index in [0.717, 1.165) is 16.9 Å². The van der Waals surface area contributed by atoms with Gasteiger partial charge in [-0.3, -0.25) is 9.89 Å². The summed E-state index contributed by atoms with van der Waals surface area (Å²) in [4.78, 5) is 15.1. The minimum Gasteiger partial charge on any atom is -0.507 e. The number of aromatic nitrogens is 2. The van der Waals surface area contributed by atoms with Gasteiger partial charge in [0.25, 0.3) is 5.91 Å². The van der Waals surface area contributed by atoms with Crippen molar-refractivity contribution in [2.45, 2.75) is 6.04 Å². The smallest absolute Gasteiger partial charge is 0.273 e. The molecule has 3 aromatic carbocycles. The van der Waals surface area contributed by atoms with Crippen molar-refractivity contribution in [2.24, 2.45) is 0 Å². The highest BCUT2D eigenvalue weighted by Crippen LogP contribution is 2.44. The molecule has 0 aliphatic carbocycles. The number of H-pyrrole nitrogens is 1. The van der Waals surface area contributed by atoms with Crippen molar-refractivity contribution in [1.29, 1.82) is 0 Å². The molecule has 0 unspecified atom stereocenters. The van der Waals surface area contributed by atoms with Gasteiger partial charge < -0.3 is 19.5 Å². The lowest BCUT2D eigenvalue weighted by Gasteiger charge is -2.26. The van der Waals surface area contributed by atoms with E-state index in [0.29, 0.717) is 35.9 Å². The number of nitrogens with zero attached hydrogens (tertiary/aromatic N) is 2. The van der Waals surface area contributed by atoms with Gasteiger partial charge in [-0.25, -0.2) is 0 Å². The van der Waals surface area contributed by atoms with Crippen molar-refractivity contribution in [2.75, 3.05) is 20.3 Å². The number of benzene rings is 3. The molecule has 7 heteroatoms. The quantitative estimate of drug-likeness (QED) is 0.432. The second-order valence-corrected chi connectivity index (χ2v) is 7.76. The predicted molar refractivity (Wildman–Crippen MR) is 123 cm³/mol. The van der Waals surface area contributed by atoms with Crippen LogP contribution in [0.5, 0.6) is 17.2 Å². The van der Waals surface area contributed by atoms with Gasteiger partial charge in [0.1, 0.15) is 28.6 Å². The van der Waals surface area contributed by atoms with Crippen LogP contribution in [0.25, 0.3) is 11.3 Å². The van der Waals surface area contributed by atoms with Crippen LogP contribution in [0.15, 0.2) is 78.9 Å². The Hall–Kier alpha value is -4.10. The zero-order valence-electron chi connectivity index (χ0n) is 18.1. The first kappa shape index (κ1) is 20.8. The lowest BCUT2D eigenvalue weighted by atomic mass is 9.95. The summed E-state index contributed by atoms with van der Waals surface area (Å²) in [5, 5.41) is 17.8. The third kappa shape index (κ3) is 3.83. The molecule has 5 rings (SSSR count). The number of nitrogens with one attached hydrogen (secondary N) is 1. The van der Waals surface area contributed by atoms with Crippen molar-refractivity contribution >= 4 is 5.91 Å². The first-order valence-electron chi connectivity index (χ1n) is 10.7. The largest absolute Gasteiger partial charge is 0.507 e. The second kappa shape index (κ2) is 8.80. The third-order valence-electron chi connectivity index (χ3n) is 5.71. The molecular formula is C26H23N3O4.